The van der Waals surface area contributed by atoms with Crippen LogP contribution in [0.15, 0.2) is 5.38 Å². The van der Waals surface area contributed by atoms with Crippen LogP contribution in [0.25, 0.3) is 0 Å². The lowest BCUT2D eigenvalue weighted by Gasteiger charge is -2.19. The van der Waals surface area contributed by atoms with Gasteiger partial charge in [0.2, 0.25) is 0 Å². The Morgan fingerprint density at radius 1 is 1.50 bits per heavy atom. The van der Waals surface area contributed by atoms with Crippen LogP contribution in [0, 0.1) is 24.7 Å². The van der Waals surface area contributed by atoms with Gasteiger partial charge in [0.25, 0.3) is 0 Å². The van der Waals surface area contributed by atoms with Gasteiger partial charge in [-0.2, -0.15) is 0 Å². The molecular weight excluding hydrogens is 218 g/mol. The summed E-state index contributed by atoms with van der Waals surface area (Å²) in [5, 5.41) is 3.09. The van der Waals surface area contributed by atoms with E-state index in [0.29, 0.717) is 24.0 Å². The van der Waals surface area contributed by atoms with Crippen molar-refractivity contribution in [2.24, 2.45) is 17.8 Å². The Labute approximate surface area is 100 Å². The maximum atomic E-state index is 12.2. The fourth-order valence-electron chi connectivity index (χ4n) is 3.44. The number of carbonyl (C=O) groups is 1. The van der Waals surface area contributed by atoms with E-state index in [2.05, 4.69) is 4.98 Å². The van der Waals surface area contributed by atoms with E-state index in [1.54, 1.807) is 11.3 Å². The second-order valence-corrected chi connectivity index (χ2v) is 6.34. The molecule has 0 N–H and O–H groups in total. The molecule has 1 aromatic rings. The zero-order chi connectivity index (χ0) is 11.1. The Balaban J connectivity index is 1.65. The standard InChI is InChI=1S/C13H17NOS/c1-8-14-11(7-16-8)6-13(15)12-5-9-2-3-10(12)4-9/h7,9-10,12H,2-6H2,1H3. The normalized spacial score (nSPS) is 32.2. The largest absolute Gasteiger partial charge is 0.299 e. The van der Waals surface area contributed by atoms with Gasteiger partial charge in [-0.25, -0.2) is 4.98 Å². The lowest BCUT2D eigenvalue weighted by atomic mass is 9.84. The fraction of sp³-hybridized carbons (Fsp3) is 0.692. The molecule has 3 heteroatoms. The molecule has 1 aromatic heterocycles. The summed E-state index contributed by atoms with van der Waals surface area (Å²) in [7, 11) is 0. The SMILES string of the molecule is Cc1nc(CC(=O)C2CC3CCC2C3)cs1. The third-order valence-corrected chi connectivity index (χ3v) is 5.00. The smallest absolute Gasteiger partial charge is 0.142 e. The van der Waals surface area contributed by atoms with Crippen molar-refractivity contribution in [2.75, 3.05) is 0 Å². The van der Waals surface area contributed by atoms with Crippen molar-refractivity contribution in [3.63, 3.8) is 0 Å². The average molecular weight is 235 g/mol. The highest BCUT2D eigenvalue weighted by Crippen LogP contribution is 2.48. The number of rotatable bonds is 3. The molecule has 3 atom stereocenters. The van der Waals surface area contributed by atoms with Crippen LogP contribution in [-0.4, -0.2) is 10.8 Å². The molecule has 2 nitrogen and oxygen atoms in total. The van der Waals surface area contributed by atoms with Crippen molar-refractivity contribution in [3.05, 3.63) is 16.1 Å². The van der Waals surface area contributed by atoms with Gasteiger partial charge in [-0.3, -0.25) is 4.79 Å². The molecule has 2 aliphatic rings. The van der Waals surface area contributed by atoms with Crippen molar-refractivity contribution < 1.29 is 4.79 Å². The van der Waals surface area contributed by atoms with Crippen LogP contribution >= 0.6 is 11.3 Å². The van der Waals surface area contributed by atoms with Gasteiger partial charge in [-0.05, 0) is 38.0 Å². The number of nitrogens with zero attached hydrogens (tertiary/aromatic N) is 1. The first kappa shape index (κ1) is 10.5. The molecule has 3 unspecified atom stereocenters. The van der Waals surface area contributed by atoms with Crippen LogP contribution in [0.2, 0.25) is 0 Å². The number of aryl methyl sites for hydroxylation is 1. The van der Waals surface area contributed by atoms with E-state index in [1.807, 2.05) is 12.3 Å². The lowest BCUT2D eigenvalue weighted by Crippen LogP contribution is -2.22. The lowest BCUT2D eigenvalue weighted by molar-refractivity contribution is -0.123. The van der Waals surface area contributed by atoms with Gasteiger partial charge in [0.15, 0.2) is 0 Å². The Morgan fingerprint density at radius 2 is 2.38 bits per heavy atom. The molecule has 16 heavy (non-hydrogen) atoms. The van der Waals surface area contributed by atoms with Crippen LogP contribution in [0.4, 0.5) is 0 Å². The number of aromatic nitrogens is 1. The number of thiazole rings is 1. The van der Waals surface area contributed by atoms with Crippen LogP contribution in [0.5, 0.6) is 0 Å². The average Bonchev–Trinajstić information content (AvgIpc) is 2.93. The molecule has 2 fully saturated rings. The molecule has 0 spiro atoms. The van der Waals surface area contributed by atoms with Crippen LogP contribution in [-0.2, 0) is 11.2 Å². The highest BCUT2D eigenvalue weighted by Gasteiger charge is 2.42. The Bertz CT molecular complexity index is 412. The second kappa shape index (κ2) is 3.95. The second-order valence-electron chi connectivity index (χ2n) is 5.28. The first-order chi connectivity index (χ1) is 7.72. The maximum absolute atomic E-state index is 12.2. The van der Waals surface area contributed by atoms with E-state index < -0.39 is 0 Å². The molecule has 0 saturated heterocycles. The van der Waals surface area contributed by atoms with Gasteiger partial charge >= 0.3 is 0 Å². The molecule has 2 aliphatic carbocycles. The third kappa shape index (κ3) is 1.81. The first-order valence-corrected chi connectivity index (χ1v) is 7.04. The van der Waals surface area contributed by atoms with E-state index in [0.717, 1.165) is 23.0 Å². The van der Waals surface area contributed by atoms with Gasteiger partial charge in [0.05, 0.1) is 10.7 Å². The number of ketones is 1. The third-order valence-electron chi connectivity index (χ3n) is 4.17. The molecular formula is C13H17NOS. The number of fused-ring (bicyclic) bond motifs is 2. The topological polar surface area (TPSA) is 30.0 Å². The van der Waals surface area contributed by atoms with Crippen LogP contribution < -0.4 is 0 Å². The van der Waals surface area contributed by atoms with Gasteiger partial charge in [0.1, 0.15) is 5.78 Å². The van der Waals surface area contributed by atoms with Crippen molar-refractivity contribution in [2.45, 2.75) is 39.0 Å². The minimum Gasteiger partial charge on any atom is -0.299 e. The predicted molar refractivity (Wildman–Crippen MR) is 64.5 cm³/mol. The number of carbonyl (C=O) groups excluding carboxylic acids is 1. The predicted octanol–water partition coefficient (Wildman–Crippen LogP) is 3.00. The summed E-state index contributed by atoms with van der Waals surface area (Å²) in [6.45, 7) is 2.00. The van der Waals surface area contributed by atoms with Crippen LogP contribution in [0.3, 0.4) is 0 Å². The minimum atomic E-state index is 0.362. The summed E-state index contributed by atoms with van der Waals surface area (Å²) in [6.07, 6.45) is 5.69. The van der Waals surface area contributed by atoms with Crippen LogP contribution in [0.1, 0.15) is 36.4 Å². The molecule has 0 aliphatic heterocycles. The number of hydrogen-bond acceptors (Lipinski definition) is 3. The summed E-state index contributed by atoms with van der Waals surface area (Å²) < 4.78 is 0. The zero-order valence-electron chi connectivity index (χ0n) is 9.61. The summed E-state index contributed by atoms with van der Waals surface area (Å²) in [4.78, 5) is 16.6. The highest BCUT2D eigenvalue weighted by molar-refractivity contribution is 7.09. The Morgan fingerprint density at radius 3 is 2.94 bits per heavy atom. The quantitative estimate of drug-likeness (QED) is 0.806. The highest BCUT2D eigenvalue weighted by atomic mass is 32.1. The Kier molecular flexibility index (Phi) is 2.58. The van der Waals surface area contributed by atoms with Crippen molar-refractivity contribution >= 4 is 17.1 Å². The molecule has 2 saturated carbocycles. The monoisotopic (exact) mass is 235 g/mol. The molecule has 2 bridgehead atoms. The summed E-state index contributed by atoms with van der Waals surface area (Å²) in [6, 6.07) is 0. The Hall–Kier alpha value is -0.700. The van der Waals surface area contributed by atoms with Crippen molar-refractivity contribution in [1.82, 2.24) is 4.98 Å². The van der Waals surface area contributed by atoms with E-state index in [4.69, 9.17) is 0 Å². The fourth-order valence-corrected chi connectivity index (χ4v) is 4.05. The van der Waals surface area contributed by atoms with Gasteiger partial charge in [-0.15, -0.1) is 11.3 Å². The molecule has 1 heterocycles. The molecule has 86 valence electrons. The van der Waals surface area contributed by atoms with Gasteiger partial charge in [-0.1, -0.05) is 6.42 Å². The molecule has 3 rings (SSSR count). The molecule has 0 amide bonds. The minimum absolute atomic E-state index is 0.362. The van der Waals surface area contributed by atoms with E-state index in [9.17, 15) is 4.79 Å². The number of hydrogen-bond donors (Lipinski definition) is 0. The number of Topliss-reactive ketones (excluding diaryl/α,β-unsaturated/α-hetero) is 1. The molecule has 0 aromatic carbocycles. The van der Waals surface area contributed by atoms with Crippen molar-refractivity contribution in [1.29, 1.82) is 0 Å². The van der Waals surface area contributed by atoms with E-state index in [-0.39, 0.29) is 0 Å². The van der Waals surface area contributed by atoms with Gasteiger partial charge in [0, 0.05) is 17.7 Å². The van der Waals surface area contributed by atoms with Crippen molar-refractivity contribution in [3.8, 4) is 0 Å². The maximum Gasteiger partial charge on any atom is 0.142 e. The zero-order valence-corrected chi connectivity index (χ0v) is 10.4. The van der Waals surface area contributed by atoms with E-state index >= 15 is 0 Å². The van der Waals surface area contributed by atoms with Gasteiger partial charge < -0.3 is 0 Å². The first-order valence-electron chi connectivity index (χ1n) is 6.16. The summed E-state index contributed by atoms with van der Waals surface area (Å²) >= 11 is 1.64. The summed E-state index contributed by atoms with van der Waals surface area (Å²) in [5.41, 5.74) is 0.982. The summed E-state index contributed by atoms with van der Waals surface area (Å²) in [5.74, 6) is 2.37. The van der Waals surface area contributed by atoms with E-state index in [1.165, 1.54) is 19.3 Å². The molecule has 0 radical (unpaired) electrons.